The van der Waals surface area contributed by atoms with Crippen molar-refractivity contribution in [2.75, 3.05) is 0 Å². The van der Waals surface area contributed by atoms with Crippen molar-refractivity contribution in [1.29, 1.82) is 0 Å². The van der Waals surface area contributed by atoms with E-state index in [4.69, 9.17) is 25.5 Å². The van der Waals surface area contributed by atoms with Crippen molar-refractivity contribution < 1.29 is 75.0 Å². The van der Waals surface area contributed by atoms with E-state index < -0.39 is 114 Å². The Bertz CT molecular complexity index is 6420. The molecular formula is C76H67N15O20. The summed E-state index contributed by atoms with van der Waals surface area (Å²) in [5.74, 6) is -9.85. The molecule has 10 heterocycles. The molecule has 0 bridgehead atoms. The number of hydrogen-bond donors (Lipinski definition) is 15. The average Bonchev–Trinajstić information content (AvgIpc) is 1.74. The Labute approximate surface area is 621 Å². The van der Waals surface area contributed by atoms with Crippen molar-refractivity contribution in [1.82, 2.24) is 73.8 Å². The highest BCUT2D eigenvalue weighted by Crippen LogP contribution is 2.36. The third-order valence-electron chi connectivity index (χ3n) is 18.2. The van der Waals surface area contributed by atoms with E-state index in [-0.39, 0.29) is 0 Å². The largest absolute Gasteiger partial charge is 0.506 e. The third kappa shape index (κ3) is 14.8. The van der Waals surface area contributed by atoms with Gasteiger partial charge in [-0.25, -0.2) is 24.0 Å². The fourth-order valence-electron chi connectivity index (χ4n) is 12.6. The lowest BCUT2D eigenvalue weighted by atomic mass is 10.00. The van der Waals surface area contributed by atoms with Gasteiger partial charge in [0.15, 0.2) is 27.8 Å². The average molecular weight is 1510 g/mol. The van der Waals surface area contributed by atoms with Crippen LogP contribution in [-0.2, 0) is 41.7 Å². The lowest BCUT2D eigenvalue weighted by molar-refractivity contribution is 0.0680. The van der Waals surface area contributed by atoms with E-state index in [2.05, 4.69) is 50.4 Å². The first-order valence-electron chi connectivity index (χ1n) is 33.1. The zero-order valence-corrected chi connectivity index (χ0v) is 60.3. The Kier molecular flexibility index (Phi) is 20.9. The number of carboxylic acids is 5. The molecule has 0 spiro atoms. The molecule has 0 atom stereocenters. The summed E-state index contributed by atoms with van der Waals surface area (Å²) in [6.45, 7) is 8.00. The first-order valence-corrected chi connectivity index (χ1v) is 33.1. The zero-order valence-electron chi connectivity index (χ0n) is 60.3. The van der Waals surface area contributed by atoms with Crippen LogP contribution in [0.1, 0.15) is 86.5 Å². The van der Waals surface area contributed by atoms with E-state index in [9.17, 15) is 73.5 Å². The van der Waals surface area contributed by atoms with Crippen molar-refractivity contribution in [3.05, 3.63) is 229 Å². The highest BCUT2D eigenvalue weighted by Gasteiger charge is 2.27. The molecule has 0 fully saturated rings. The standard InChI is InChI=1S/C16H15N3O4.4C15H13N3O4/c1-3-10-13(17-15(21)12(14(10)20)16(22)23)8-4-5-11-9(6-8)7-19(2)18-11;1-7-12(16-14(20)11(13(7)19)15(21)22)8-3-4-10-9(5-8)6-18(2)17-10;1-7-12(17-14(20)11(13(7)19)15(21)22)8-3-4-10-9(5-8)6-16-18(10)2;1-7-12(16-14(20)11(13(7)19)15(21)22)8-3-4-9-6-18(2)17-10(9)5-8;1-7-12(17-14(20)11(13(7)19)15(21)22)8-3-4-9-6-16-18(2)10(9)5-8/h4-7H,3H2,1-2H3,(H,22,23)(H2,17,20,21);3-6H,1-2H3,(H,21,22)(H2,16,19,20);3-6H,1-2H3,(H,21,22)(H2,17,19,20);3-6H,1-2H3,(H,21,22)(H2,16,19,20);3-6H,1-2H3,(H,21,22)(H2,17,19,20). The number of benzene rings is 5. The number of aryl methyl sites for hydroxylation is 5. The van der Waals surface area contributed by atoms with Crippen molar-refractivity contribution >= 4 is 84.4 Å². The summed E-state index contributed by atoms with van der Waals surface area (Å²) in [5.41, 5.74) is 3.63. The molecule has 15 rings (SSSR count). The molecular weight excluding hydrogens is 1440 g/mol. The van der Waals surface area contributed by atoms with Gasteiger partial charge in [-0.15, -0.1) is 0 Å². The van der Waals surface area contributed by atoms with Gasteiger partial charge in [0.05, 0.1) is 68.4 Å². The Morgan fingerprint density at radius 2 is 0.640 bits per heavy atom. The normalized spacial score (nSPS) is 11.0. The maximum absolute atomic E-state index is 12.0. The number of carboxylic acid groups (broad SMARTS) is 5. The van der Waals surface area contributed by atoms with Gasteiger partial charge in [-0.05, 0) is 99.3 Å². The van der Waals surface area contributed by atoms with Crippen LogP contribution in [0, 0.1) is 27.7 Å². The fraction of sp³-hybridized carbons (Fsp3) is 0.145. The molecule has 35 nitrogen and oxygen atoms in total. The second-order valence-corrected chi connectivity index (χ2v) is 25.4. The minimum atomic E-state index is -1.46. The van der Waals surface area contributed by atoms with Crippen LogP contribution < -0.4 is 27.8 Å². The van der Waals surface area contributed by atoms with Gasteiger partial charge in [0, 0.05) is 120 Å². The second kappa shape index (κ2) is 30.2. The minimum absolute atomic E-state index is 0.298. The summed E-state index contributed by atoms with van der Waals surface area (Å²) >= 11 is 0. The van der Waals surface area contributed by atoms with E-state index in [0.29, 0.717) is 90.5 Å². The number of carbonyl (C=O) groups is 5. The van der Waals surface area contributed by atoms with Crippen molar-refractivity contribution in [2.24, 2.45) is 35.2 Å². The van der Waals surface area contributed by atoms with Crippen LogP contribution in [0.2, 0.25) is 0 Å². The molecule has 15 aromatic rings. The molecule has 0 aliphatic carbocycles. The van der Waals surface area contributed by atoms with E-state index in [1.165, 1.54) is 0 Å². The Hall–Kier alpha value is -15.5. The zero-order chi connectivity index (χ0) is 80.8. The van der Waals surface area contributed by atoms with Crippen molar-refractivity contribution in [3.63, 3.8) is 0 Å². The summed E-state index contributed by atoms with van der Waals surface area (Å²) in [4.78, 5) is 128. The number of rotatable bonds is 11. The quantitative estimate of drug-likeness (QED) is 0.0577. The minimum Gasteiger partial charge on any atom is -0.506 e. The highest BCUT2D eigenvalue weighted by molar-refractivity contribution is 5.97. The predicted molar refractivity (Wildman–Crippen MR) is 405 cm³/mol. The van der Waals surface area contributed by atoms with Crippen LogP contribution >= 0.6 is 0 Å². The molecule has 5 aromatic carbocycles. The van der Waals surface area contributed by atoms with E-state index in [0.717, 1.165) is 54.5 Å². The summed E-state index contributed by atoms with van der Waals surface area (Å²) in [5, 5.41) is 121. The summed E-state index contributed by atoms with van der Waals surface area (Å²) in [6, 6.07) is 27.1. The number of aromatic hydroxyl groups is 5. The molecule has 0 saturated heterocycles. The lowest BCUT2D eigenvalue weighted by Crippen LogP contribution is -2.20. The number of nitrogens with one attached hydrogen (secondary N) is 5. The predicted octanol–water partition coefficient (Wildman–Crippen LogP) is 8.46. The van der Waals surface area contributed by atoms with Gasteiger partial charge in [-0.1, -0.05) is 49.4 Å². The Morgan fingerprint density at radius 3 is 1.04 bits per heavy atom. The van der Waals surface area contributed by atoms with Crippen LogP contribution in [0.5, 0.6) is 28.7 Å². The summed E-state index contributed by atoms with van der Waals surface area (Å²) < 4.78 is 8.45. The van der Waals surface area contributed by atoms with Gasteiger partial charge in [-0.3, -0.25) is 47.4 Å². The maximum atomic E-state index is 12.0. The summed E-state index contributed by atoms with van der Waals surface area (Å²) in [6.07, 6.45) is 9.33. The number of nitrogens with zero attached hydrogens (tertiary/aromatic N) is 10. The first kappa shape index (κ1) is 76.7. The van der Waals surface area contributed by atoms with Crippen LogP contribution in [0.25, 0.3) is 111 Å². The molecule has 0 aliphatic heterocycles. The molecule has 0 amide bonds. The van der Waals surface area contributed by atoms with Gasteiger partial charge in [-0.2, -0.15) is 25.5 Å². The molecule has 35 heteroatoms. The first-order chi connectivity index (χ1) is 52.5. The van der Waals surface area contributed by atoms with Crippen LogP contribution in [0.15, 0.2) is 146 Å². The molecule has 0 unspecified atom stereocenters. The number of aromatic carboxylic acids is 5. The molecule has 566 valence electrons. The smallest absolute Gasteiger partial charge is 0.345 e. The molecule has 0 aliphatic rings. The van der Waals surface area contributed by atoms with E-state index in [1.54, 1.807) is 134 Å². The molecule has 0 radical (unpaired) electrons. The van der Waals surface area contributed by atoms with Gasteiger partial charge in [0.2, 0.25) is 0 Å². The maximum Gasteiger partial charge on any atom is 0.345 e. The van der Waals surface area contributed by atoms with E-state index >= 15 is 0 Å². The van der Waals surface area contributed by atoms with Gasteiger partial charge in [0.1, 0.15) is 28.7 Å². The molecule has 0 saturated carbocycles. The second-order valence-electron chi connectivity index (χ2n) is 25.4. The highest BCUT2D eigenvalue weighted by atomic mass is 16.4. The molecule has 111 heavy (non-hydrogen) atoms. The van der Waals surface area contributed by atoms with Gasteiger partial charge >= 0.3 is 29.8 Å². The number of aromatic amines is 5. The number of H-pyrrole nitrogens is 5. The summed E-state index contributed by atoms with van der Waals surface area (Å²) in [7, 11) is 9.04. The van der Waals surface area contributed by atoms with Gasteiger partial charge < -0.3 is 76.0 Å². The van der Waals surface area contributed by atoms with Crippen molar-refractivity contribution in [3.8, 4) is 85.0 Å². The molecule has 10 aromatic heterocycles. The third-order valence-corrected chi connectivity index (χ3v) is 18.2. The van der Waals surface area contributed by atoms with Crippen LogP contribution in [0.3, 0.4) is 0 Å². The Morgan fingerprint density at radius 1 is 0.342 bits per heavy atom. The van der Waals surface area contributed by atoms with Crippen LogP contribution in [-0.4, -0.2) is 155 Å². The SMILES string of the molecule is CCc1c(-c2ccc3nn(C)cc3c2)[nH]c(=O)c(C(=O)O)c1O.Cc1c(-c2ccc3c(cnn3C)c2)[nH]c(=O)c(C(=O)O)c1O.Cc1c(-c2ccc3cn(C)nc3c2)[nH]c(=O)c(C(=O)O)c1O.Cc1c(-c2ccc3cnn(C)c3c2)[nH]c(=O)c(C(=O)O)c1O.Cc1c(-c2ccc3nn(C)cc3c2)[nH]c(=O)c(C(=O)O)c1O. The van der Waals surface area contributed by atoms with Gasteiger partial charge in [0.25, 0.3) is 27.8 Å². The van der Waals surface area contributed by atoms with Crippen molar-refractivity contribution in [2.45, 2.75) is 41.0 Å². The topological polar surface area (TPSA) is 541 Å². The number of fused-ring (bicyclic) bond motifs is 5. The number of pyridine rings is 5. The number of hydrogen-bond acceptors (Lipinski definition) is 20. The Balaban J connectivity index is 0.000000137. The van der Waals surface area contributed by atoms with E-state index in [1.807, 2.05) is 81.2 Å². The fourth-order valence-corrected chi connectivity index (χ4v) is 12.6. The van der Waals surface area contributed by atoms with Crippen LogP contribution in [0.4, 0.5) is 0 Å². The monoisotopic (exact) mass is 1510 g/mol. The lowest BCUT2D eigenvalue weighted by Gasteiger charge is -2.12. The molecule has 15 N–H and O–H groups in total. The number of aromatic nitrogens is 15.